The molecule has 2 heterocycles. The lowest BCUT2D eigenvalue weighted by Crippen LogP contribution is -2.23. The molecule has 6 aromatic carbocycles. The van der Waals surface area contributed by atoms with E-state index in [1.165, 1.54) is 38.1 Å². The summed E-state index contributed by atoms with van der Waals surface area (Å²) in [6.45, 7) is 2.69. The number of benzene rings is 6. The van der Waals surface area contributed by atoms with Crippen LogP contribution in [0.2, 0.25) is 0 Å². The molecule has 0 fully saturated rings. The highest BCUT2D eigenvalue weighted by Gasteiger charge is 2.12. The number of imidazole rings is 2. The standard InChI is InChI=1S/C15H12FN3O.C13H10FN3.C12H8BrFO.C3H7N3O.CH4.ClH/c1-9(20)18-15-17-8-14(19-15)12-6-7-13(16)11-5-3-2-4-10(11)12;14-11-6-5-10(12-7-16-13(15)17-12)8-3-1-2-4-9(8)11;13-7-12(15)10-5-6-11(14)9-4-2-1-3-8(9)10;1-2(7)6-3(4)5;;/h2-8H,1H3,(H2,17,18,19,20);1-7H,(H3,15,16,17);1-6H,7H2;1H3,(H4,4,5,6,7);1H4;1H. The number of hydrogen-bond acceptors (Lipinski definition) is 6. The van der Waals surface area contributed by atoms with Gasteiger partial charge in [-0.15, -0.1) is 12.4 Å². The molecule has 0 aliphatic rings. The monoisotopic (exact) mass is 915 g/mol. The van der Waals surface area contributed by atoms with Crippen LogP contribution in [0.3, 0.4) is 0 Å². The van der Waals surface area contributed by atoms with Crippen LogP contribution in [-0.2, 0) is 9.59 Å². The van der Waals surface area contributed by atoms with E-state index in [2.05, 4.69) is 46.2 Å². The van der Waals surface area contributed by atoms with Crippen LogP contribution < -0.4 is 22.5 Å². The molecule has 8 aromatic rings. The maximum Gasteiger partial charge on any atom is 0.245 e. The van der Waals surface area contributed by atoms with Crippen LogP contribution in [0.25, 0.3) is 54.8 Å². The molecule has 316 valence electrons. The Balaban J connectivity index is 0.000000225. The third-order valence-electron chi connectivity index (χ3n) is 8.37. The zero-order valence-electron chi connectivity index (χ0n) is 32.0. The van der Waals surface area contributed by atoms with Gasteiger partial charge in [0.2, 0.25) is 17.8 Å². The Morgan fingerprint density at radius 2 is 1.08 bits per heavy atom. The van der Waals surface area contributed by atoms with Crippen molar-refractivity contribution in [2.24, 2.45) is 16.5 Å². The molecule has 0 saturated heterocycles. The van der Waals surface area contributed by atoms with Crippen molar-refractivity contribution in [1.82, 2.24) is 19.9 Å². The molecule has 2 amide bonds. The van der Waals surface area contributed by atoms with Gasteiger partial charge in [0.25, 0.3) is 0 Å². The Bertz CT molecular complexity index is 2830. The molecular weight excluding hydrogens is 875 g/mol. The fourth-order valence-corrected chi connectivity index (χ4v) is 6.22. The SMILES string of the molecule is C.CC(=O)N=C(N)N.CC(=O)Nc1ncc(-c2ccc(F)c3ccccc23)[nH]1.Cl.Nc1ncc(-c2ccc(F)c3ccccc23)[nH]1.O=C(CBr)c1ccc(F)c2ccccc12. The highest BCUT2D eigenvalue weighted by molar-refractivity contribution is 9.09. The molecule has 0 radical (unpaired) electrons. The zero-order valence-corrected chi connectivity index (χ0v) is 34.4. The van der Waals surface area contributed by atoms with Gasteiger partial charge >= 0.3 is 0 Å². The smallest absolute Gasteiger partial charge is 0.245 e. The summed E-state index contributed by atoms with van der Waals surface area (Å²) in [6, 6.07) is 30.7. The van der Waals surface area contributed by atoms with Crippen molar-refractivity contribution < 1.29 is 27.6 Å². The molecule has 2 aromatic heterocycles. The number of fused-ring (bicyclic) bond motifs is 3. The summed E-state index contributed by atoms with van der Waals surface area (Å²) in [5.74, 6) is -0.845. The maximum atomic E-state index is 13.8. The van der Waals surface area contributed by atoms with Gasteiger partial charge in [-0.05, 0) is 52.6 Å². The Hall–Kier alpha value is -7.04. The number of guanidine groups is 1. The van der Waals surface area contributed by atoms with E-state index in [0.717, 1.165) is 33.3 Å². The first-order chi connectivity index (χ1) is 28.3. The normalized spacial score (nSPS) is 10.0. The molecule has 0 atom stereocenters. The quantitative estimate of drug-likeness (QED) is 0.0423. The molecule has 0 aliphatic carbocycles. The fraction of sp³-hybridized carbons (Fsp3) is 0.0909. The van der Waals surface area contributed by atoms with Crippen molar-refractivity contribution in [2.45, 2.75) is 21.3 Å². The second kappa shape index (κ2) is 22.4. The number of aromatic nitrogens is 4. The lowest BCUT2D eigenvalue weighted by molar-refractivity contribution is -0.116. The molecule has 0 saturated carbocycles. The summed E-state index contributed by atoms with van der Waals surface area (Å²) >= 11 is 3.11. The van der Waals surface area contributed by atoms with Crippen molar-refractivity contribution >= 4 is 96.1 Å². The number of aliphatic imine (C=N–C) groups is 1. The molecule has 17 heteroatoms. The second-order valence-electron chi connectivity index (χ2n) is 12.5. The topological polar surface area (TPSA) is 211 Å². The minimum atomic E-state index is -0.375. The number of nitrogen functional groups attached to an aromatic ring is 1. The summed E-state index contributed by atoms with van der Waals surface area (Å²) in [4.78, 5) is 49.6. The van der Waals surface area contributed by atoms with E-state index in [9.17, 15) is 27.6 Å². The molecular formula is C44H42BrClF3N9O3. The number of ketones is 1. The van der Waals surface area contributed by atoms with Crippen molar-refractivity contribution in [1.29, 1.82) is 0 Å². The number of nitrogens with zero attached hydrogens (tertiary/aromatic N) is 3. The minimum absolute atomic E-state index is 0. The molecule has 8 rings (SSSR count). The first-order valence-electron chi connectivity index (χ1n) is 17.6. The van der Waals surface area contributed by atoms with Gasteiger partial charge in [-0.25, -0.2) is 23.1 Å². The van der Waals surface area contributed by atoms with E-state index in [4.69, 9.17) is 17.2 Å². The summed E-state index contributed by atoms with van der Waals surface area (Å²) in [5.41, 5.74) is 19.0. The lowest BCUT2D eigenvalue weighted by Gasteiger charge is -2.05. The number of Topliss-reactive ketones (excluding diaryl/α,β-unsaturated/α-hetero) is 1. The van der Waals surface area contributed by atoms with E-state index in [1.54, 1.807) is 67.0 Å². The fourth-order valence-electron chi connectivity index (χ4n) is 5.92. The molecule has 12 nitrogen and oxygen atoms in total. The average molecular weight is 917 g/mol. The van der Waals surface area contributed by atoms with E-state index in [1.807, 2.05) is 30.3 Å². The number of nitrogens with one attached hydrogen (secondary N) is 3. The van der Waals surface area contributed by atoms with Gasteiger partial charge in [0.15, 0.2) is 17.7 Å². The molecule has 0 spiro atoms. The van der Waals surface area contributed by atoms with Crippen LogP contribution in [0, 0.1) is 17.5 Å². The van der Waals surface area contributed by atoms with Gasteiger partial charge in [-0.3, -0.25) is 19.7 Å². The van der Waals surface area contributed by atoms with E-state index < -0.39 is 0 Å². The van der Waals surface area contributed by atoms with Gasteiger partial charge in [-0.2, -0.15) is 4.99 Å². The predicted octanol–water partition coefficient (Wildman–Crippen LogP) is 9.70. The third-order valence-corrected chi connectivity index (χ3v) is 8.88. The Labute approximate surface area is 363 Å². The second-order valence-corrected chi connectivity index (χ2v) is 13.1. The highest BCUT2D eigenvalue weighted by atomic mass is 79.9. The minimum Gasteiger partial charge on any atom is -0.370 e. The van der Waals surface area contributed by atoms with Crippen LogP contribution >= 0.6 is 28.3 Å². The third kappa shape index (κ3) is 12.5. The van der Waals surface area contributed by atoms with E-state index in [0.29, 0.717) is 39.0 Å². The van der Waals surface area contributed by atoms with Gasteiger partial charge in [0.1, 0.15) is 17.5 Å². The molecule has 61 heavy (non-hydrogen) atoms. The highest BCUT2D eigenvalue weighted by Crippen LogP contribution is 2.31. The van der Waals surface area contributed by atoms with Gasteiger partial charge in [-0.1, -0.05) is 96.2 Å². The number of carbonyl (C=O) groups excluding carboxylic acids is 3. The van der Waals surface area contributed by atoms with Crippen LogP contribution in [0.4, 0.5) is 25.1 Å². The number of nitrogens with two attached hydrogens (primary N) is 3. The number of anilines is 2. The summed E-state index contributed by atoms with van der Waals surface area (Å²) in [5, 5.41) is 6.78. The number of hydrogen-bond donors (Lipinski definition) is 6. The summed E-state index contributed by atoms with van der Waals surface area (Å²) in [6.07, 6.45) is 3.26. The number of alkyl halides is 1. The Kier molecular flexibility index (Phi) is 17.7. The van der Waals surface area contributed by atoms with Crippen LogP contribution in [-0.4, -0.2) is 48.8 Å². The van der Waals surface area contributed by atoms with Crippen molar-refractivity contribution in [3.8, 4) is 22.5 Å². The first-order valence-corrected chi connectivity index (χ1v) is 18.7. The number of aromatic amines is 2. The van der Waals surface area contributed by atoms with Gasteiger partial charge in [0, 0.05) is 46.7 Å². The number of rotatable bonds is 5. The van der Waals surface area contributed by atoms with Crippen LogP contribution in [0.15, 0.2) is 127 Å². The molecule has 0 aliphatic heterocycles. The summed E-state index contributed by atoms with van der Waals surface area (Å²) in [7, 11) is 0. The number of amides is 2. The maximum absolute atomic E-state index is 13.8. The number of carbonyl (C=O) groups is 3. The Morgan fingerprint density at radius 1 is 0.656 bits per heavy atom. The van der Waals surface area contributed by atoms with Crippen LogP contribution in [0.5, 0.6) is 0 Å². The Morgan fingerprint density at radius 3 is 1.49 bits per heavy atom. The average Bonchev–Trinajstić information content (AvgIpc) is 3.87. The molecule has 9 N–H and O–H groups in total. The zero-order chi connectivity index (χ0) is 42.6. The summed E-state index contributed by atoms with van der Waals surface area (Å²) < 4.78 is 40.8. The first kappa shape index (κ1) is 48.3. The van der Waals surface area contributed by atoms with Crippen molar-refractivity contribution in [3.05, 3.63) is 145 Å². The molecule has 0 bridgehead atoms. The van der Waals surface area contributed by atoms with Gasteiger partial charge < -0.3 is 27.2 Å². The van der Waals surface area contributed by atoms with Crippen LogP contribution in [0.1, 0.15) is 31.6 Å². The van der Waals surface area contributed by atoms with E-state index in [-0.39, 0.29) is 66.2 Å². The predicted molar refractivity (Wildman–Crippen MR) is 244 cm³/mol. The van der Waals surface area contributed by atoms with Crippen molar-refractivity contribution in [3.63, 3.8) is 0 Å². The number of H-pyrrole nitrogens is 2. The largest absolute Gasteiger partial charge is 0.370 e. The van der Waals surface area contributed by atoms with Crippen molar-refractivity contribution in [2.75, 3.05) is 16.4 Å². The lowest BCUT2D eigenvalue weighted by atomic mass is 10.0. The van der Waals surface area contributed by atoms with E-state index >= 15 is 0 Å². The van der Waals surface area contributed by atoms with Gasteiger partial charge in [0.05, 0.1) is 29.1 Å². The molecule has 0 unspecified atom stereocenters. The number of halogens is 5.